The van der Waals surface area contributed by atoms with Crippen molar-refractivity contribution < 1.29 is 0 Å². The molecule has 1 aliphatic rings. The van der Waals surface area contributed by atoms with Crippen molar-refractivity contribution in [2.24, 2.45) is 0 Å². The first-order valence-electron chi connectivity index (χ1n) is 20.9. The van der Waals surface area contributed by atoms with Crippen LogP contribution in [-0.4, -0.2) is 18.3 Å². The Morgan fingerprint density at radius 3 is 1.05 bits per heavy atom. The van der Waals surface area contributed by atoms with Crippen LogP contribution >= 0.6 is 0 Å². The summed E-state index contributed by atoms with van der Waals surface area (Å²) in [7, 11) is 0. The van der Waals surface area contributed by atoms with E-state index in [1.807, 2.05) is 18.2 Å². The van der Waals surface area contributed by atoms with Crippen molar-refractivity contribution in [2.75, 3.05) is 0 Å². The molecule has 0 aliphatic heterocycles. The summed E-state index contributed by atoms with van der Waals surface area (Å²) in [6.45, 7) is 0. The second kappa shape index (κ2) is 12.7. The van der Waals surface area contributed by atoms with Crippen LogP contribution in [0.3, 0.4) is 0 Å². The van der Waals surface area contributed by atoms with Crippen LogP contribution in [0, 0.1) is 22.7 Å². The topological polar surface area (TPSA) is 67.3 Å². The Labute approximate surface area is 355 Å². The van der Waals surface area contributed by atoms with Crippen LogP contribution in [0.25, 0.3) is 98.6 Å². The van der Waals surface area contributed by atoms with E-state index in [1.54, 1.807) is 0 Å². The zero-order valence-corrected chi connectivity index (χ0v) is 33.3. The summed E-state index contributed by atoms with van der Waals surface area (Å²) in [5.74, 6) is 0. The van der Waals surface area contributed by atoms with E-state index in [1.165, 1.54) is 0 Å². The Morgan fingerprint density at radius 2 is 0.677 bits per heavy atom. The van der Waals surface area contributed by atoms with Crippen molar-refractivity contribution in [1.29, 1.82) is 10.5 Å². The lowest BCUT2D eigenvalue weighted by Gasteiger charge is -2.43. The molecule has 4 heterocycles. The molecule has 13 rings (SSSR count). The van der Waals surface area contributed by atoms with Gasteiger partial charge in [-0.2, -0.15) is 10.5 Å². The largest absolute Gasteiger partial charge is 0.327 e. The summed E-state index contributed by atoms with van der Waals surface area (Å²) in [5, 5.41) is 33.1. The molecule has 0 amide bonds. The van der Waals surface area contributed by atoms with Crippen LogP contribution in [0.4, 0.5) is 0 Å². The van der Waals surface area contributed by atoms with Gasteiger partial charge < -0.3 is 18.3 Å². The Morgan fingerprint density at radius 1 is 0.371 bits per heavy atom. The molecule has 0 radical (unpaired) electrons. The van der Waals surface area contributed by atoms with Crippen molar-refractivity contribution in [1.82, 2.24) is 18.3 Å². The van der Waals surface area contributed by atoms with E-state index in [0.29, 0.717) is 5.57 Å². The molecule has 0 fully saturated rings. The van der Waals surface area contributed by atoms with E-state index in [2.05, 4.69) is 212 Å². The van der Waals surface area contributed by atoms with Gasteiger partial charge in [-0.3, -0.25) is 0 Å². The maximum absolute atomic E-state index is 12.6. The predicted octanol–water partition coefficient (Wildman–Crippen LogP) is 13.6. The van der Waals surface area contributed by atoms with Gasteiger partial charge in [-0.1, -0.05) is 146 Å². The maximum Gasteiger partial charge on any atom is 0.179 e. The average molecular weight is 791 g/mol. The van der Waals surface area contributed by atoms with Crippen LogP contribution in [0.15, 0.2) is 206 Å². The Hall–Kier alpha value is -8.58. The number of allylic oxidation sites excluding steroid dienone is 4. The van der Waals surface area contributed by atoms with Crippen molar-refractivity contribution in [3.63, 3.8) is 0 Å². The molecular weight excluding hydrogens is 757 g/mol. The van der Waals surface area contributed by atoms with E-state index in [0.717, 1.165) is 98.6 Å². The lowest BCUT2D eigenvalue weighted by Crippen LogP contribution is -2.44. The summed E-state index contributed by atoms with van der Waals surface area (Å²) < 4.78 is 9.27. The highest BCUT2D eigenvalue weighted by Gasteiger charge is 2.51. The van der Waals surface area contributed by atoms with E-state index in [4.69, 9.17) is 0 Å². The van der Waals surface area contributed by atoms with Crippen LogP contribution < -0.4 is 0 Å². The Balaban J connectivity index is 1.34. The lowest BCUT2D eigenvalue weighted by molar-refractivity contribution is 0.382. The molecule has 12 aromatic rings. The first kappa shape index (κ1) is 34.3. The van der Waals surface area contributed by atoms with Gasteiger partial charge in [0.25, 0.3) is 0 Å². The zero-order chi connectivity index (χ0) is 41.1. The summed E-state index contributed by atoms with van der Waals surface area (Å²) >= 11 is 0. The van der Waals surface area contributed by atoms with E-state index < -0.39 is 11.6 Å². The number of aromatic nitrogens is 4. The molecule has 0 saturated carbocycles. The molecule has 2 atom stereocenters. The summed E-state index contributed by atoms with van der Waals surface area (Å²) in [6.07, 6.45) is 1.98. The first-order valence-corrected chi connectivity index (χ1v) is 20.9. The number of fused-ring (bicyclic) bond motifs is 12. The number of para-hydroxylation sites is 8. The molecule has 62 heavy (non-hydrogen) atoms. The smallest absolute Gasteiger partial charge is 0.179 e. The van der Waals surface area contributed by atoms with Crippen molar-refractivity contribution in [3.05, 3.63) is 206 Å². The Kier molecular flexibility index (Phi) is 7.03. The fraction of sp³-hybridized carbons (Fsp3) is 0.0357. The van der Waals surface area contributed by atoms with E-state index >= 15 is 0 Å². The molecule has 0 bridgehead atoms. The molecule has 4 aromatic heterocycles. The summed E-state index contributed by atoms with van der Waals surface area (Å²) in [5.41, 5.74) is 8.19. The third kappa shape index (κ3) is 4.35. The summed E-state index contributed by atoms with van der Waals surface area (Å²) in [4.78, 5) is 0. The number of rotatable bonds is 4. The van der Waals surface area contributed by atoms with E-state index in [9.17, 15) is 10.5 Å². The minimum atomic E-state index is -1.51. The van der Waals surface area contributed by atoms with Gasteiger partial charge in [-0.05, 0) is 54.6 Å². The molecule has 0 N–H and O–H groups in total. The maximum atomic E-state index is 12.6. The number of hydrogen-bond donors (Lipinski definition) is 0. The van der Waals surface area contributed by atoms with Gasteiger partial charge in [0.2, 0.25) is 0 Å². The van der Waals surface area contributed by atoms with Crippen molar-refractivity contribution >= 4 is 98.6 Å². The molecule has 6 heteroatoms. The van der Waals surface area contributed by atoms with Gasteiger partial charge in [-0.15, -0.1) is 0 Å². The van der Waals surface area contributed by atoms with Gasteiger partial charge in [-0.25, -0.2) is 0 Å². The monoisotopic (exact) mass is 790 g/mol. The van der Waals surface area contributed by atoms with Gasteiger partial charge >= 0.3 is 0 Å². The van der Waals surface area contributed by atoms with Crippen molar-refractivity contribution in [2.45, 2.75) is 11.6 Å². The highest BCUT2D eigenvalue weighted by molar-refractivity contribution is 6.17. The highest BCUT2D eigenvalue weighted by Crippen LogP contribution is 2.55. The second-order valence-electron chi connectivity index (χ2n) is 16.3. The normalized spacial score (nSPS) is 16.9. The average Bonchev–Trinajstić information content (AvgIpc) is 4.06. The standard InChI is InChI=1S/C56H34N6/c57-34-36-33-56(35-58,62-51-31-15-7-23-43(51)44-24-8-16-32-52(44)62)55(61-49-29-13-5-21-41(49)42-22-6-14-30-50(42)61)54(60-47-27-11-3-19-39(47)40-20-4-12-28-48(40)60)53(36)59-45-25-9-1-17-37(45)38-18-2-10-26-46(38)59/h1-33,55H. The fourth-order valence-corrected chi connectivity index (χ4v) is 10.9. The third-order valence-corrected chi connectivity index (χ3v) is 13.3. The predicted molar refractivity (Wildman–Crippen MR) is 254 cm³/mol. The van der Waals surface area contributed by atoms with Gasteiger partial charge in [0.15, 0.2) is 5.54 Å². The molecule has 8 aromatic carbocycles. The number of nitrogens with zero attached hydrogens (tertiary/aromatic N) is 6. The number of nitriles is 2. The van der Waals surface area contributed by atoms with E-state index in [-0.39, 0.29) is 0 Å². The van der Waals surface area contributed by atoms with Crippen LogP contribution in [0.1, 0.15) is 6.04 Å². The second-order valence-corrected chi connectivity index (χ2v) is 16.3. The minimum absolute atomic E-state index is 0.411. The van der Waals surface area contributed by atoms with Gasteiger partial charge in [0.1, 0.15) is 12.1 Å². The molecule has 6 nitrogen and oxygen atoms in total. The molecule has 0 saturated heterocycles. The third-order valence-electron chi connectivity index (χ3n) is 13.3. The van der Waals surface area contributed by atoms with Gasteiger partial charge in [0.05, 0.1) is 56.1 Å². The first-order chi connectivity index (χ1) is 30.7. The minimum Gasteiger partial charge on any atom is -0.327 e. The quantitative estimate of drug-likeness (QED) is 0.178. The number of hydrogen-bond acceptors (Lipinski definition) is 2. The SMILES string of the molecule is N#CC1=CC(C#N)(n2c3ccccc3c3ccccc32)C(n2c3ccccc3c3ccccc32)C(n2c3ccccc3c3ccccc32)=C1n1c2ccccc2c2ccccc21. The van der Waals surface area contributed by atoms with Gasteiger partial charge in [0, 0.05) is 54.1 Å². The molecule has 1 aliphatic carbocycles. The lowest BCUT2D eigenvalue weighted by atomic mass is 9.79. The summed E-state index contributed by atoms with van der Waals surface area (Å²) in [6, 6.07) is 72.7. The highest BCUT2D eigenvalue weighted by atomic mass is 15.2. The number of benzene rings is 8. The van der Waals surface area contributed by atoms with Crippen LogP contribution in [0.2, 0.25) is 0 Å². The Bertz CT molecular complexity index is 3820. The molecular formula is C56H34N6. The zero-order valence-electron chi connectivity index (χ0n) is 33.3. The molecule has 0 spiro atoms. The van der Waals surface area contributed by atoms with Crippen LogP contribution in [0.5, 0.6) is 0 Å². The molecule has 288 valence electrons. The van der Waals surface area contributed by atoms with Crippen molar-refractivity contribution in [3.8, 4) is 12.1 Å². The van der Waals surface area contributed by atoms with Crippen LogP contribution in [-0.2, 0) is 5.54 Å². The fourth-order valence-electron chi connectivity index (χ4n) is 10.9. The molecule has 2 unspecified atom stereocenters.